The molecule has 7 nitrogen and oxygen atoms in total. The van der Waals surface area contributed by atoms with Crippen molar-refractivity contribution in [3.63, 3.8) is 0 Å². The van der Waals surface area contributed by atoms with Crippen LogP contribution in [0.3, 0.4) is 0 Å². The van der Waals surface area contributed by atoms with Gasteiger partial charge in [0.05, 0.1) is 5.69 Å². The Morgan fingerprint density at radius 3 is 2.61 bits per heavy atom. The van der Waals surface area contributed by atoms with E-state index in [2.05, 4.69) is 55.2 Å². The van der Waals surface area contributed by atoms with Gasteiger partial charge in [0, 0.05) is 48.7 Å². The van der Waals surface area contributed by atoms with Crippen LogP contribution in [-0.4, -0.2) is 51.2 Å². The molecule has 2 aromatic heterocycles. The lowest BCUT2D eigenvalue weighted by Crippen LogP contribution is -2.43. The summed E-state index contributed by atoms with van der Waals surface area (Å²) in [5.74, 6) is 1.29. The fourth-order valence-corrected chi connectivity index (χ4v) is 3.87. The highest BCUT2D eigenvalue weighted by Crippen LogP contribution is 2.23. The molecule has 1 saturated heterocycles. The molecule has 3 aromatic rings. The van der Waals surface area contributed by atoms with Crippen LogP contribution in [-0.2, 0) is 6.54 Å². The number of H-pyrrole nitrogens is 1. The summed E-state index contributed by atoms with van der Waals surface area (Å²) in [6, 6.07) is 15.0. The van der Waals surface area contributed by atoms with Gasteiger partial charge in [0.1, 0.15) is 5.82 Å². The Labute approximate surface area is 165 Å². The number of aromatic nitrogens is 4. The molecule has 1 aliphatic heterocycles. The fourth-order valence-electron chi connectivity index (χ4n) is 3.87. The minimum absolute atomic E-state index is 0.350. The summed E-state index contributed by atoms with van der Waals surface area (Å²) in [5.41, 5.74) is 9.99. The van der Waals surface area contributed by atoms with Crippen LogP contribution >= 0.6 is 0 Å². The van der Waals surface area contributed by atoms with Gasteiger partial charge in [-0.1, -0.05) is 30.3 Å². The molecule has 0 spiro atoms. The van der Waals surface area contributed by atoms with Crippen LogP contribution in [0.4, 0.5) is 11.8 Å². The second-order valence-corrected chi connectivity index (χ2v) is 7.50. The molecule has 1 fully saturated rings. The van der Waals surface area contributed by atoms with E-state index in [1.807, 2.05) is 31.2 Å². The number of rotatable bonds is 5. The topological polar surface area (TPSA) is 87.0 Å². The molecule has 1 aromatic carbocycles. The maximum absolute atomic E-state index is 5.81. The Morgan fingerprint density at radius 2 is 1.89 bits per heavy atom. The van der Waals surface area contributed by atoms with Crippen molar-refractivity contribution in [1.29, 1.82) is 0 Å². The highest BCUT2D eigenvalue weighted by atomic mass is 15.2. The zero-order valence-corrected chi connectivity index (χ0v) is 16.5. The summed E-state index contributed by atoms with van der Waals surface area (Å²) in [6.45, 7) is 4.77. The maximum atomic E-state index is 5.81. The Morgan fingerprint density at radius 1 is 1.14 bits per heavy atom. The molecule has 3 heterocycles. The summed E-state index contributed by atoms with van der Waals surface area (Å²) in [6.07, 6.45) is 2.19. The smallest absolute Gasteiger partial charge is 0.222 e. The predicted molar refractivity (Wildman–Crippen MR) is 112 cm³/mol. The first-order valence-corrected chi connectivity index (χ1v) is 9.74. The van der Waals surface area contributed by atoms with Gasteiger partial charge in [-0.3, -0.25) is 10.00 Å². The molecule has 0 radical (unpaired) electrons. The maximum Gasteiger partial charge on any atom is 0.222 e. The van der Waals surface area contributed by atoms with Crippen LogP contribution < -0.4 is 10.6 Å². The van der Waals surface area contributed by atoms with Crippen LogP contribution in [0, 0.1) is 6.92 Å². The summed E-state index contributed by atoms with van der Waals surface area (Å²) in [4.78, 5) is 13.3. The van der Waals surface area contributed by atoms with Gasteiger partial charge in [-0.2, -0.15) is 10.1 Å². The summed E-state index contributed by atoms with van der Waals surface area (Å²) in [7, 11) is 2.19. The molecule has 0 saturated carbocycles. The third-order valence-corrected chi connectivity index (χ3v) is 5.39. The molecule has 0 atom stereocenters. The van der Waals surface area contributed by atoms with E-state index in [1.165, 1.54) is 0 Å². The third-order valence-electron chi connectivity index (χ3n) is 5.39. The molecule has 0 unspecified atom stereocenters. The van der Waals surface area contributed by atoms with Crippen molar-refractivity contribution in [1.82, 2.24) is 25.1 Å². The minimum Gasteiger partial charge on any atom is -0.368 e. The number of benzene rings is 1. The van der Waals surface area contributed by atoms with Gasteiger partial charge in [0.25, 0.3) is 0 Å². The number of piperidine rings is 1. The van der Waals surface area contributed by atoms with E-state index in [9.17, 15) is 0 Å². The van der Waals surface area contributed by atoms with Crippen molar-refractivity contribution in [2.45, 2.75) is 32.4 Å². The number of nitrogens with two attached hydrogens (primary N) is 1. The number of aromatic amines is 1. The Balaban J connectivity index is 1.34. The van der Waals surface area contributed by atoms with Crippen molar-refractivity contribution < 1.29 is 0 Å². The fraction of sp³-hybridized carbons (Fsp3) is 0.381. The molecule has 0 bridgehead atoms. The van der Waals surface area contributed by atoms with Crippen molar-refractivity contribution in [2.75, 3.05) is 30.8 Å². The number of nitrogen functional groups attached to an aromatic ring is 1. The van der Waals surface area contributed by atoms with Crippen LogP contribution in [0.15, 0.2) is 42.5 Å². The second kappa shape index (κ2) is 7.98. The summed E-state index contributed by atoms with van der Waals surface area (Å²) in [5, 5.41) is 7.66. The SMILES string of the molecule is Cc1cc(N2CCC(N(C)Cc3cc(-c4ccccc4)n[nH]3)CC2)nc(N)n1. The highest BCUT2D eigenvalue weighted by molar-refractivity contribution is 5.58. The highest BCUT2D eigenvalue weighted by Gasteiger charge is 2.24. The minimum atomic E-state index is 0.350. The lowest BCUT2D eigenvalue weighted by Gasteiger charge is -2.37. The molecule has 1 aliphatic rings. The van der Waals surface area contributed by atoms with E-state index in [0.29, 0.717) is 12.0 Å². The summed E-state index contributed by atoms with van der Waals surface area (Å²) >= 11 is 0. The van der Waals surface area contributed by atoms with E-state index >= 15 is 0 Å². The number of aryl methyl sites for hydroxylation is 1. The molecular weight excluding hydrogens is 350 g/mol. The third kappa shape index (κ3) is 4.14. The van der Waals surface area contributed by atoms with E-state index < -0.39 is 0 Å². The second-order valence-electron chi connectivity index (χ2n) is 7.50. The van der Waals surface area contributed by atoms with E-state index in [4.69, 9.17) is 5.73 Å². The van der Waals surface area contributed by atoms with Gasteiger partial charge in [0.15, 0.2) is 0 Å². The zero-order valence-electron chi connectivity index (χ0n) is 16.5. The van der Waals surface area contributed by atoms with Crippen molar-refractivity contribution in [3.8, 4) is 11.3 Å². The Hall–Kier alpha value is -2.93. The van der Waals surface area contributed by atoms with E-state index in [0.717, 1.165) is 60.9 Å². The van der Waals surface area contributed by atoms with Gasteiger partial charge < -0.3 is 10.6 Å². The van der Waals surface area contributed by atoms with E-state index in [-0.39, 0.29) is 0 Å². The Bertz CT molecular complexity index is 893. The van der Waals surface area contributed by atoms with Crippen molar-refractivity contribution in [3.05, 3.63) is 53.9 Å². The molecule has 146 valence electrons. The first-order valence-electron chi connectivity index (χ1n) is 9.74. The van der Waals surface area contributed by atoms with E-state index in [1.54, 1.807) is 0 Å². The largest absolute Gasteiger partial charge is 0.368 e. The Kier molecular flexibility index (Phi) is 5.25. The molecule has 0 aliphatic carbocycles. The van der Waals surface area contributed by atoms with Crippen molar-refractivity contribution in [2.24, 2.45) is 0 Å². The van der Waals surface area contributed by atoms with Gasteiger partial charge >= 0.3 is 0 Å². The number of anilines is 2. The number of hydrogen-bond donors (Lipinski definition) is 2. The van der Waals surface area contributed by atoms with Crippen LogP contribution in [0.1, 0.15) is 24.2 Å². The predicted octanol–water partition coefficient (Wildman–Crippen LogP) is 2.86. The van der Waals surface area contributed by atoms with Gasteiger partial charge in [-0.25, -0.2) is 4.98 Å². The monoisotopic (exact) mass is 377 g/mol. The number of hydrogen-bond acceptors (Lipinski definition) is 6. The number of nitrogens with one attached hydrogen (secondary N) is 1. The molecule has 4 rings (SSSR count). The quantitative estimate of drug-likeness (QED) is 0.711. The molecular formula is C21H27N7. The van der Waals surface area contributed by atoms with Gasteiger partial charge in [-0.15, -0.1) is 0 Å². The van der Waals surface area contributed by atoms with Gasteiger partial charge in [0.2, 0.25) is 5.95 Å². The van der Waals surface area contributed by atoms with Crippen LogP contribution in [0.2, 0.25) is 0 Å². The summed E-state index contributed by atoms with van der Waals surface area (Å²) < 4.78 is 0. The average molecular weight is 377 g/mol. The average Bonchev–Trinajstić information content (AvgIpc) is 3.16. The normalized spacial score (nSPS) is 15.3. The lowest BCUT2D eigenvalue weighted by molar-refractivity contribution is 0.198. The first kappa shape index (κ1) is 18.4. The van der Waals surface area contributed by atoms with Crippen LogP contribution in [0.5, 0.6) is 0 Å². The number of nitrogens with zero attached hydrogens (tertiary/aromatic N) is 5. The zero-order chi connectivity index (χ0) is 19.5. The molecule has 0 amide bonds. The van der Waals surface area contributed by atoms with Crippen LogP contribution in [0.25, 0.3) is 11.3 Å². The standard InChI is InChI=1S/C21H27N7/c1-15-12-20(24-21(22)23-15)28-10-8-18(9-11-28)27(2)14-17-13-19(26-25-17)16-6-4-3-5-7-16/h3-7,12-13,18H,8-11,14H2,1-2H3,(H,25,26)(H2,22,23,24). The molecule has 7 heteroatoms. The molecule has 3 N–H and O–H groups in total. The lowest BCUT2D eigenvalue weighted by atomic mass is 10.0. The first-order chi connectivity index (χ1) is 13.6. The van der Waals surface area contributed by atoms with Crippen molar-refractivity contribution >= 4 is 11.8 Å². The molecule has 28 heavy (non-hydrogen) atoms. The van der Waals surface area contributed by atoms with Gasteiger partial charge in [-0.05, 0) is 32.9 Å².